The molecule has 0 bridgehead atoms. The fourth-order valence-electron chi connectivity index (χ4n) is 3.65. The highest BCUT2D eigenvalue weighted by atomic mass is 16.3. The van der Waals surface area contributed by atoms with Crippen molar-refractivity contribution in [3.05, 3.63) is 59.5 Å². The van der Waals surface area contributed by atoms with Crippen LogP contribution in [-0.4, -0.2) is 29.4 Å². The molecule has 3 amide bonds. The number of carbonyl (C=O) groups excluding carboxylic acids is 2. The summed E-state index contributed by atoms with van der Waals surface area (Å²) in [5, 5.41) is 5.82. The third-order valence-corrected chi connectivity index (χ3v) is 5.05. The van der Waals surface area contributed by atoms with E-state index in [2.05, 4.69) is 10.6 Å². The van der Waals surface area contributed by atoms with Crippen LogP contribution in [0.1, 0.15) is 42.8 Å². The molecule has 0 atom stereocenters. The van der Waals surface area contributed by atoms with E-state index >= 15 is 0 Å². The number of nitrogens with one attached hydrogen (secondary N) is 2. The summed E-state index contributed by atoms with van der Waals surface area (Å²) >= 11 is 0. The first-order valence-corrected chi connectivity index (χ1v) is 9.39. The van der Waals surface area contributed by atoms with E-state index in [1.807, 2.05) is 49.4 Å². The lowest BCUT2D eigenvalue weighted by Gasteiger charge is -2.33. The lowest BCUT2D eigenvalue weighted by atomic mass is 9.95. The maximum Gasteiger partial charge on any atom is 0.315 e. The number of benzene rings is 1. The minimum absolute atomic E-state index is 0.0658. The zero-order chi connectivity index (χ0) is 19.3. The Bertz CT molecular complexity index is 779. The Labute approximate surface area is 159 Å². The summed E-state index contributed by atoms with van der Waals surface area (Å²) in [5.74, 6) is 1.49. The minimum Gasteiger partial charge on any atom is -0.464 e. The van der Waals surface area contributed by atoms with Gasteiger partial charge in [-0.1, -0.05) is 43.2 Å². The summed E-state index contributed by atoms with van der Waals surface area (Å²) in [6, 6.07) is 13.2. The lowest BCUT2D eigenvalue weighted by molar-refractivity contribution is -0.137. The van der Waals surface area contributed by atoms with Gasteiger partial charge in [-0.05, 0) is 37.5 Å². The molecule has 0 aliphatic heterocycles. The van der Waals surface area contributed by atoms with E-state index in [4.69, 9.17) is 4.42 Å². The van der Waals surface area contributed by atoms with Crippen molar-refractivity contribution in [3.8, 4) is 0 Å². The topological polar surface area (TPSA) is 74.6 Å². The van der Waals surface area contributed by atoms with Crippen LogP contribution in [0.2, 0.25) is 0 Å². The molecule has 6 heteroatoms. The van der Waals surface area contributed by atoms with Crippen molar-refractivity contribution >= 4 is 11.9 Å². The van der Waals surface area contributed by atoms with Crippen LogP contribution in [0, 0.1) is 6.92 Å². The predicted octanol–water partition coefficient (Wildman–Crippen LogP) is 3.36. The molecule has 0 spiro atoms. The maximum atomic E-state index is 13.1. The Morgan fingerprint density at radius 3 is 2.44 bits per heavy atom. The van der Waals surface area contributed by atoms with Crippen LogP contribution < -0.4 is 10.6 Å². The summed E-state index contributed by atoms with van der Waals surface area (Å²) in [6.45, 7) is 2.70. The number of nitrogens with zero attached hydrogens (tertiary/aromatic N) is 1. The molecule has 1 fully saturated rings. The molecular weight excluding hydrogens is 342 g/mol. The Balaban J connectivity index is 1.61. The highest BCUT2D eigenvalue weighted by molar-refractivity contribution is 5.91. The van der Waals surface area contributed by atoms with Crippen LogP contribution in [-0.2, 0) is 17.9 Å². The first-order chi connectivity index (χ1) is 13.0. The van der Waals surface area contributed by atoms with Crippen molar-refractivity contribution in [1.82, 2.24) is 15.5 Å². The van der Waals surface area contributed by atoms with Crippen molar-refractivity contribution in [3.63, 3.8) is 0 Å². The predicted molar refractivity (Wildman–Crippen MR) is 103 cm³/mol. The number of hydrogen-bond donors (Lipinski definition) is 2. The van der Waals surface area contributed by atoms with Crippen molar-refractivity contribution in [2.45, 2.75) is 51.2 Å². The molecule has 2 N–H and O–H groups in total. The van der Waals surface area contributed by atoms with Crippen molar-refractivity contribution < 1.29 is 14.0 Å². The molecule has 0 saturated heterocycles. The second-order valence-electron chi connectivity index (χ2n) is 7.26. The van der Waals surface area contributed by atoms with E-state index in [9.17, 15) is 9.59 Å². The number of furan rings is 1. The van der Waals surface area contributed by atoms with E-state index in [1.165, 1.54) is 0 Å². The summed E-state index contributed by atoms with van der Waals surface area (Å²) < 4.78 is 5.57. The van der Waals surface area contributed by atoms with Gasteiger partial charge in [-0.2, -0.15) is 0 Å². The number of amides is 3. The van der Waals surface area contributed by atoms with Gasteiger partial charge in [0.05, 0.1) is 6.54 Å². The number of urea groups is 1. The summed E-state index contributed by atoms with van der Waals surface area (Å²) in [6.07, 6.45) is 3.18. The average Bonchev–Trinajstić information content (AvgIpc) is 3.30. The molecule has 27 heavy (non-hydrogen) atoms. The number of rotatable bonds is 6. The van der Waals surface area contributed by atoms with Gasteiger partial charge in [0.2, 0.25) is 5.91 Å². The first kappa shape index (κ1) is 19.0. The monoisotopic (exact) mass is 369 g/mol. The summed E-state index contributed by atoms with van der Waals surface area (Å²) in [5.41, 5.74) is 0.182. The molecule has 6 nitrogen and oxygen atoms in total. The van der Waals surface area contributed by atoms with Gasteiger partial charge in [-0.15, -0.1) is 0 Å². The van der Waals surface area contributed by atoms with Gasteiger partial charge in [0, 0.05) is 13.6 Å². The molecule has 2 aromatic rings. The third-order valence-electron chi connectivity index (χ3n) is 5.05. The van der Waals surface area contributed by atoms with Crippen LogP contribution in [0.3, 0.4) is 0 Å². The molecule has 1 saturated carbocycles. The molecule has 1 heterocycles. The SMILES string of the molecule is Cc1ccc(CN(C)C(=O)C2(NC(=O)NCc3ccccc3)CCCC2)o1. The maximum absolute atomic E-state index is 13.1. The molecule has 1 aliphatic rings. The summed E-state index contributed by atoms with van der Waals surface area (Å²) in [4.78, 5) is 27.2. The Morgan fingerprint density at radius 2 is 1.81 bits per heavy atom. The second-order valence-corrected chi connectivity index (χ2v) is 7.26. The molecule has 1 aromatic heterocycles. The number of hydrogen-bond acceptors (Lipinski definition) is 3. The molecule has 144 valence electrons. The number of likely N-dealkylation sites (N-methyl/N-ethyl adjacent to an activating group) is 1. The Kier molecular flexibility index (Phi) is 5.84. The van der Waals surface area contributed by atoms with Crippen LogP contribution in [0.4, 0.5) is 4.79 Å². The van der Waals surface area contributed by atoms with Gasteiger partial charge in [0.25, 0.3) is 0 Å². The van der Waals surface area contributed by atoms with Crippen LogP contribution in [0.15, 0.2) is 46.9 Å². The minimum atomic E-state index is -0.836. The van der Waals surface area contributed by atoms with Crippen molar-refractivity contribution in [2.24, 2.45) is 0 Å². The summed E-state index contributed by atoms with van der Waals surface area (Å²) in [7, 11) is 1.75. The molecule has 1 aromatic carbocycles. The van der Waals surface area contributed by atoms with E-state index < -0.39 is 5.54 Å². The smallest absolute Gasteiger partial charge is 0.315 e. The number of aryl methyl sites for hydroxylation is 1. The van der Waals surface area contributed by atoms with Crippen molar-refractivity contribution in [2.75, 3.05) is 7.05 Å². The largest absolute Gasteiger partial charge is 0.464 e. The molecular formula is C21H27N3O3. The van der Waals surface area contributed by atoms with E-state index in [0.29, 0.717) is 25.9 Å². The van der Waals surface area contributed by atoms with Gasteiger partial charge in [-0.25, -0.2) is 4.79 Å². The van der Waals surface area contributed by atoms with Crippen molar-refractivity contribution in [1.29, 1.82) is 0 Å². The van der Waals surface area contributed by atoms with Crippen LogP contribution >= 0.6 is 0 Å². The second kappa shape index (κ2) is 8.29. The Morgan fingerprint density at radius 1 is 1.11 bits per heavy atom. The first-order valence-electron chi connectivity index (χ1n) is 9.39. The molecule has 3 rings (SSSR count). The molecule has 0 unspecified atom stereocenters. The van der Waals surface area contributed by atoms with Gasteiger partial charge in [0.15, 0.2) is 0 Å². The van der Waals surface area contributed by atoms with Crippen LogP contribution in [0.25, 0.3) is 0 Å². The number of carbonyl (C=O) groups is 2. The zero-order valence-electron chi connectivity index (χ0n) is 16.0. The fourth-order valence-corrected chi connectivity index (χ4v) is 3.65. The van der Waals surface area contributed by atoms with Gasteiger partial charge in [0.1, 0.15) is 17.1 Å². The van der Waals surface area contributed by atoms with E-state index in [0.717, 1.165) is 29.9 Å². The van der Waals surface area contributed by atoms with Crippen LogP contribution in [0.5, 0.6) is 0 Å². The average molecular weight is 369 g/mol. The zero-order valence-corrected chi connectivity index (χ0v) is 16.0. The molecule has 1 aliphatic carbocycles. The lowest BCUT2D eigenvalue weighted by Crippen LogP contribution is -2.59. The van der Waals surface area contributed by atoms with Gasteiger partial charge >= 0.3 is 6.03 Å². The Hall–Kier alpha value is -2.76. The highest BCUT2D eigenvalue weighted by Crippen LogP contribution is 2.31. The van der Waals surface area contributed by atoms with E-state index in [-0.39, 0.29) is 11.9 Å². The quantitative estimate of drug-likeness (QED) is 0.820. The fraction of sp³-hybridized carbons (Fsp3) is 0.429. The van der Waals surface area contributed by atoms with Gasteiger partial charge < -0.3 is 20.0 Å². The third kappa shape index (κ3) is 4.70. The highest BCUT2D eigenvalue weighted by Gasteiger charge is 2.44. The van der Waals surface area contributed by atoms with E-state index in [1.54, 1.807) is 11.9 Å². The normalized spacial score (nSPS) is 15.3. The standard InChI is InChI=1S/C21H27N3O3/c1-16-10-11-18(27-16)15-24(2)19(25)21(12-6-7-13-21)23-20(26)22-14-17-8-4-3-5-9-17/h3-5,8-11H,6-7,12-15H2,1-2H3,(H2,22,23,26). The van der Waals surface area contributed by atoms with Gasteiger partial charge in [-0.3, -0.25) is 4.79 Å². The molecule has 0 radical (unpaired) electrons.